The molecule has 2 aliphatic rings. The number of hydrogen-bond acceptors (Lipinski definition) is 3. The molecule has 2 rings (SSSR count). The standard InChI is InChI=1S/C13H22N2O3/c1-12(5-4-8-14-9-12)10(16)15-13(11(17)18)6-2-3-7-13/h14H,2-9H2,1H3,(H,15,16)(H,17,18). The van der Waals surface area contributed by atoms with E-state index in [1.165, 1.54) is 0 Å². The van der Waals surface area contributed by atoms with Gasteiger partial charge in [-0.2, -0.15) is 0 Å². The number of rotatable bonds is 3. The van der Waals surface area contributed by atoms with Gasteiger partial charge in [-0.15, -0.1) is 0 Å². The summed E-state index contributed by atoms with van der Waals surface area (Å²) in [6.07, 6.45) is 4.64. The van der Waals surface area contributed by atoms with E-state index in [-0.39, 0.29) is 5.91 Å². The maximum absolute atomic E-state index is 12.4. The Labute approximate surface area is 107 Å². The third-order valence-corrected chi connectivity index (χ3v) is 4.36. The van der Waals surface area contributed by atoms with E-state index in [9.17, 15) is 14.7 Å². The SMILES string of the molecule is CC1(C(=O)NC2(C(=O)O)CCCC2)CCCNC1. The molecule has 1 saturated heterocycles. The predicted octanol–water partition coefficient (Wildman–Crippen LogP) is 0.890. The van der Waals surface area contributed by atoms with Crippen molar-refractivity contribution >= 4 is 11.9 Å². The molecule has 0 aromatic rings. The Balaban J connectivity index is 2.07. The highest BCUT2D eigenvalue weighted by Crippen LogP contribution is 2.33. The van der Waals surface area contributed by atoms with Crippen LogP contribution in [-0.4, -0.2) is 35.6 Å². The van der Waals surface area contributed by atoms with Gasteiger partial charge in [0.1, 0.15) is 5.54 Å². The Kier molecular flexibility index (Phi) is 3.61. The molecule has 1 aliphatic heterocycles. The van der Waals surface area contributed by atoms with Gasteiger partial charge in [0.05, 0.1) is 5.41 Å². The summed E-state index contributed by atoms with van der Waals surface area (Å²) in [7, 11) is 0. The molecule has 3 N–H and O–H groups in total. The molecule has 5 heteroatoms. The first-order chi connectivity index (χ1) is 8.49. The molecule has 5 nitrogen and oxygen atoms in total. The first-order valence-corrected chi connectivity index (χ1v) is 6.75. The first kappa shape index (κ1) is 13.3. The second-order valence-corrected chi connectivity index (χ2v) is 5.89. The Hall–Kier alpha value is -1.10. The highest BCUT2D eigenvalue weighted by molar-refractivity contribution is 5.90. The third kappa shape index (κ3) is 2.36. The second-order valence-electron chi connectivity index (χ2n) is 5.89. The summed E-state index contributed by atoms with van der Waals surface area (Å²) in [4.78, 5) is 23.8. The summed E-state index contributed by atoms with van der Waals surface area (Å²) in [6, 6.07) is 0. The van der Waals surface area contributed by atoms with Crippen LogP contribution >= 0.6 is 0 Å². The van der Waals surface area contributed by atoms with Crippen LogP contribution in [0.5, 0.6) is 0 Å². The highest BCUT2D eigenvalue weighted by Gasteiger charge is 2.46. The molecule has 102 valence electrons. The lowest BCUT2D eigenvalue weighted by Crippen LogP contribution is -2.58. The van der Waals surface area contributed by atoms with Crippen molar-refractivity contribution in [3.63, 3.8) is 0 Å². The fraction of sp³-hybridized carbons (Fsp3) is 0.846. The minimum atomic E-state index is -1.02. The van der Waals surface area contributed by atoms with E-state index in [1.54, 1.807) is 0 Å². The van der Waals surface area contributed by atoms with Gasteiger partial charge >= 0.3 is 5.97 Å². The molecule has 1 heterocycles. The van der Waals surface area contributed by atoms with Gasteiger partial charge in [-0.3, -0.25) is 4.79 Å². The summed E-state index contributed by atoms with van der Waals surface area (Å²) < 4.78 is 0. The highest BCUT2D eigenvalue weighted by atomic mass is 16.4. The largest absolute Gasteiger partial charge is 0.480 e. The van der Waals surface area contributed by atoms with Crippen molar-refractivity contribution in [2.45, 2.75) is 51.0 Å². The molecular formula is C13H22N2O3. The van der Waals surface area contributed by atoms with Crippen molar-refractivity contribution in [1.29, 1.82) is 0 Å². The minimum absolute atomic E-state index is 0.112. The molecule has 18 heavy (non-hydrogen) atoms. The monoisotopic (exact) mass is 254 g/mol. The molecule has 2 fully saturated rings. The lowest BCUT2D eigenvalue weighted by molar-refractivity contribution is -0.149. The fourth-order valence-electron chi connectivity index (χ4n) is 2.99. The Morgan fingerprint density at radius 1 is 1.17 bits per heavy atom. The number of piperidine rings is 1. The third-order valence-electron chi connectivity index (χ3n) is 4.36. The van der Waals surface area contributed by atoms with E-state index < -0.39 is 16.9 Å². The van der Waals surface area contributed by atoms with Crippen molar-refractivity contribution in [1.82, 2.24) is 10.6 Å². The van der Waals surface area contributed by atoms with Gasteiger partial charge in [-0.25, -0.2) is 4.79 Å². The normalized spacial score (nSPS) is 30.9. The van der Waals surface area contributed by atoms with Crippen LogP contribution in [0.2, 0.25) is 0 Å². The van der Waals surface area contributed by atoms with E-state index in [1.807, 2.05) is 6.92 Å². The number of hydrogen-bond donors (Lipinski definition) is 3. The fourth-order valence-corrected chi connectivity index (χ4v) is 2.99. The Bertz CT molecular complexity index is 342. The number of carbonyl (C=O) groups excluding carboxylic acids is 1. The van der Waals surface area contributed by atoms with Crippen molar-refractivity contribution in [3.05, 3.63) is 0 Å². The van der Waals surface area contributed by atoms with Crippen LogP contribution in [0.25, 0.3) is 0 Å². The number of carboxylic acid groups (broad SMARTS) is 1. The van der Waals surface area contributed by atoms with Crippen molar-refractivity contribution in [2.75, 3.05) is 13.1 Å². The average molecular weight is 254 g/mol. The zero-order valence-electron chi connectivity index (χ0n) is 10.9. The van der Waals surface area contributed by atoms with Crippen LogP contribution in [-0.2, 0) is 9.59 Å². The number of carbonyl (C=O) groups is 2. The Morgan fingerprint density at radius 2 is 1.83 bits per heavy atom. The van der Waals surface area contributed by atoms with E-state index in [4.69, 9.17) is 0 Å². The summed E-state index contributed by atoms with van der Waals surface area (Å²) in [5, 5.41) is 15.4. The lowest BCUT2D eigenvalue weighted by atomic mass is 9.81. The lowest BCUT2D eigenvalue weighted by Gasteiger charge is -2.36. The molecule has 1 aliphatic carbocycles. The maximum Gasteiger partial charge on any atom is 0.329 e. The molecule has 0 aromatic carbocycles. The second kappa shape index (κ2) is 4.88. The molecule has 0 radical (unpaired) electrons. The van der Waals surface area contributed by atoms with Crippen LogP contribution in [0, 0.1) is 5.41 Å². The quantitative estimate of drug-likeness (QED) is 0.699. The van der Waals surface area contributed by atoms with E-state index in [2.05, 4.69) is 10.6 Å². The topological polar surface area (TPSA) is 78.4 Å². The first-order valence-electron chi connectivity index (χ1n) is 6.75. The smallest absolute Gasteiger partial charge is 0.329 e. The molecule has 0 spiro atoms. The summed E-state index contributed by atoms with van der Waals surface area (Å²) >= 11 is 0. The van der Waals surface area contributed by atoms with Gasteiger partial charge in [0.15, 0.2) is 0 Å². The summed E-state index contributed by atoms with van der Waals surface area (Å²) in [5.74, 6) is -1.00. The van der Waals surface area contributed by atoms with Gasteiger partial charge in [-0.1, -0.05) is 12.8 Å². The van der Waals surface area contributed by atoms with Gasteiger partial charge < -0.3 is 15.7 Å². The maximum atomic E-state index is 12.4. The molecule has 1 unspecified atom stereocenters. The van der Waals surface area contributed by atoms with Crippen molar-refractivity contribution < 1.29 is 14.7 Å². The Morgan fingerprint density at radius 3 is 2.33 bits per heavy atom. The molecule has 1 saturated carbocycles. The number of amides is 1. The van der Waals surface area contributed by atoms with Gasteiger partial charge in [0.2, 0.25) is 5.91 Å². The zero-order chi connectivity index (χ0) is 13.2. The van der Waals surface area contributed by atoms with E-state index in [0.29, 0.717) is 19.4 Å². The van der Waals surface area contributed by atoms with Gasteiger partial charge in [0, 0.05) is 6.54 Å². The number of nitrogens with one attached hydrogen (secondary N) is 2. The van der Waals surface area contributed by atoms with Crippen LogP contribution in [0.15, 0.2) is 0 Å². The molecule has 0 bridgehead atoms. The van der Waals surface area contributed by atoms with Gasteiger partial charge in [-0.05, 0) is 39.2 Å². The molecular weight excluding hydrogens is 232 g/mol. The molecule has 1 amide bonds. The van der Waals surface area contributed by atoms with Crippen LogP contribution in [0.3, 0.4) is 0 Å². The zero-order valence-corrected chi connectivity index (χ0v) is 10.9. The summed E-state index contributed by atoms with van der Waals surface area (Å²) in [6.45, 7) is 3.49. The molecule has 1 atom stereocenters. The van der Waals surface area contributed by atoms with E-state index in [0.717, 1.165) is 32.2 Å². The van der Waals surface area contributed by atoms with Crippen LogP contribution in [0.1, 0.15) is 45.4 Å². The predicted molar refractivity (Wildman–Crippen MR) is 67.2 cm³/mol. The number of aliphatic carboxylic acids is 1. The number of carboxylic acids is 1. The van der Waals surface area contributed by atoms with Crippen molar-refractivity contribution in [2.24, 2.45) is 5.41 Å². The summed E-state index contributed by atoms with van der Waals surface area (Å²) in [5.41, 5.74) is -1.49. The van der Waals surface area contributed by atoms with Crippen LogP contribution < -0.4 is 10.6 Å². The van der Waals surface area contributed by atoms with Crippen LogP contribution in [0.4, 0.5) is 0 Å². The van der Waals surface area contributed by atoms with Gasteiger partial charge in [0.25, 0.3) is 0 Å². The minimum Gasteiger partial charge on any atom is -0.480 e. The van der Waals surface area contributed by atoms with E-state index >= 15 is 0 Å². The van der Waals surface area contributed by atoms with Crippen molar-refractivity contribution in [3.8, 4) is 0 Å². The molecule has 0 aromatic heterocycles. The average Bonchev–Trinajstić information content (AvgIpc) is 2.80.